The van der Waals surface area contributed by atoms with Gasteiger partial charge in [0.25, 0.3) is 0 Å². The molecule has 6 heteroatoms. The number of carbonyl (C=O) groups excluding carboxylic acids is 2. The van der Waals surface area contributed by atoms with Gasteiger partial charge in [-0.3, -0.25) is 0 Å². The largest absolute Gasteiger partial charge is 0.493 e. The van der Waals surface area contributed by atoms with Crippen molar-refractivity contribution in [1.82, 2.24) is 0 Å². The summed E-state index contributed by atoms with van der Waals surface area (Å²) in [6.07, 6.45) is 10.6. The van der Waals surface area contributed by atoms with Crippen LogP contribution in [-0.4, -0.2) is 25.2 Å². The van der Waals surface area contributed by atoms with Gasteiger partial charge >= 0.3 is 11.9 Å². The molecule has 0 heterocycles. The lowest BCUT2D eigenvalue weighted by Crippen LogP contribution is -2.11. The molecule has 3 aromatic rings. The van der Waals surface area contributed by atoms with Crippen LogP contribution in [0.15, 0.2) is 66.7 Å². The molecule has 0 saturated carbocycles. The maximum atomic E-state index is 14.6. The predicted octanol–water partition coefficient (Wildman–Crippen LogP) is 9.43. The Labute approximate surface area is 244 Å². The third-order valence-electron chi connectivity index (χ3n) is 7.14. The van der Waals surface area contributed by atoms with Gasteiger partial charge in [0.1, 0.15) is 17.3 Å². The monoisotopic (exact) mass is 562 g/mol. The number of carbonyl (C=O) groups is 2. The molecule has 0 N–H and O–H groups in total. The molecule has 1 atom stereocenters. The summed E-state index contributed by atoms with van der Waals surface area (Å²) < 4.78 is 31.1. The van der Waals surface area contributed by atoms with Crippen LogP contribution >= 0.6 is 0 Å². The number of halogens is 1. The van der Waals surface area contributed by atoms with Crippen LogP contribution in [0.2, 0.25) is 0 Å². The molecule has 0 aromatic heterocycles. The molecule has 3 rings (SSSR count). The fraction of sp³-hybridized carbons (Fsp3) is 0.429. The van der Waals surface area contributed by atoms with E-state index in [9.17, 15) is 14.0 Å². The van der Waals surface area contributed by atoms with Gasteiger partial charge in [0, 0.05) is 6.07 Å². The number of ether oxygens (including phenoxy) is 3. The topological polar surface area (TPSA) is 61.8 Å². The third kappa shape index (κ3) is 10.7. The Hall–Kier alpha value is -3.67. The van der Waals surface area contributed by atoms with Crippen LogP contribution < -0.4 is 9.47 Å². The van der Waals surface area contributed by atoms with E-state index in [1.54, 1.807) is 42.5 Å². The lowest BCUT2D eigenvalue weighted by Gasteiger charge is -2.10. The van der Waals surface area contributed by atoms with Crippen LogP contribution in [0, 0.1) is 11.7 Å². The van der Waals surface area contributed by atoms with E-state index in [0.717, 1.165) is 30.4 Å². The number of hydrogen-bond donors (Lipinski definition) is 0. The van der Waals surface area contributed by atoms with Crippen molar-refractivity contribution in [3.63, 3.8) is 0 Å². The quantitative estimate of drug-likeness (QED) is 0.0931. The Morgan fingerprint density at radius 2 is 1.32 bits per heavy atom. The number of rotatable bonds is 17. The normalized spacial score (nSPS) is 11.6. The van der Waals surface area contributed by atoms with Crippen LogP contribution in [0.4, 0.5) is 4.39 Å². The van der Waals surface area contributed by atoms with Gasteiger partial charge in [-0.25, -0.2) is 14.0 Å². The van der Waals surface area contributed by atoms with Gasteiger partial charge in [-0.2, -0.15) is 0 Å². The van der Waals surface area contributed by atoms with Crippen molar-refractivity contribution < 1.29 is 28.2 Å². The molecule has 5 nitrogen and oxygen atoms in total. The summed E-state index contributed by atoms with van der Waals surface area (Å²) in [6, 6.07) is 18.3. The van der Waals surface area contributed by atoms with E-state index >= 15 is 0 Å². The standard InChI is InChI=1S/C35H43FO5/c1-4-6-7-8-9-10-11-12-23-39-31-21-22-32(33(36)24-31)35(38)41-30-19-17-28(18-20-30)27-13-15-29(16-14-27)34(37)40-25-26(3)5-2/h13-22,24,26H,4-12,23,25H2,1-3H3/t26-/m0/s1. The highest BCUT2D eigenvalue weighted by Crippen LogP contribution is 2.25. The molecule has 0 radical (unpaired) electrons. The SMILES string of the molecule is CCCCCCCCCCOc1ccc(C(=O)Oc2ccc(-c3ccc(C(=O)OC[C@@H](C)CC)cc3)cc2)c(F)c1. The van der Waals surface area contributed by atoms with Crippen molar-refractivity contribution in [3.05, 3.63) is 83.7 Å². The first-order valence-electron chi connectivity index (χ1n) is 14.9. The van der Waals surface area contributed by atoms with E-state index < -0.39 is 11.8 Å². The highest BCUT2D eigenvalue weighted by Gasteiger charge is 2.16. The number of hydrogen-bond acceptors (Lipinski definition) is 5. The fourth-order valence-electron chi connectivity index (χ4n) is 4.27. The number of esters is 2. The molecule has 0 aliphatic carbocycles. The summed E-state index contributed by atoms with van der Waals surface area (Å²) in [6.45, 7) is 7.24. The van der Waals surface area contributed by atoms with Gasteiger partial charge in [0.15, 0.2) is 0 Å². The minimum atomic E-state index is -0.773. The van der Waals surface area contributed by atoms with Crippen molar-refractivity contribution in [2.75, 3.05) is 13.2 Å². The summed E-state index contributed by atoms with van der Waals surface area (Å²) in [5.74, 6) is -0.757. The van der Waals surface area contributed by atoms with Gasteiger partial charge in [0.05, 0.1) is 24.3 Å². The Morgan fingerprint density at radius 1 is 0.732 bits per heavy atom. The van der Waals surface area contributed by atoms with Crippen molar-refractivity contribution in [3.8, 4) is 22.6 Å². The van der Waals surface area contributed by atoms with E-state index in [1.165, 1.54) is 50.7 Å². The number of benzene rings is 3. The van der Waals surface area contributed by atoms with Crippen LogP contribution in [0.5, 0.6) is 11.5 Å². The van der Waals surface area contributed by atoms with Crippen molar-refractivity contribution in [2.24, 2.45) is 5.92 Å². The average Bonchev–Trinajstić information content (AvgIpc) is 2.99. The summed E-state index contributed by atoms with van der Waals surface area (Å²) >= 11 is 0. The minimum Gasteiger partial charge on any atom is -0.493 e. The van der Waals surface area contributed by atoms with Gasteiger partial charge in [-0.05, 0) is 59.9 Å². The summed E-state index contributed by atoms with van der Waals surface area (Å²) in [5.41, 5.74) is 2.13. The van der Waals surface area contributed by atoms with E-state index in [4.69, 9.17) is 14.2 Å². The number of unbranched alkanes of at least 4 members (excludes halogenated alkanes) is 7. The first-order valence-corrected chi connectivity index (χ1v) is 14.9. The van der Waals surface area contributed by atoms with Gasteiger partial charge in [-0.15, -0.1) is 0 Å². The van der Waals surface area contributed by atoms with Crippen LogP contribution in [0.1, 0.15) is 99.3 Å². The van der Waals surface area contributed by atoms with Crippen molar-refractivity contribution in [1.29, 1.82) is 0 Å². The summed E-state index contributed by atoms with van der Waals surface area (Å²) in [4.78, 5) is 24.8. The van der Waals surface area contributed by atoms with Crippen LogP contribution in [-0.2, 0) is 4.74 Å². The fourth-order valence-corrected chi connectivity index (χ4v) is 4.27. The zero-order valence-corrected chi connectivity index (χ0v) is 24.6. The van der Waals surface area contributed by atoms with E-state index in [0.29, 0.717) is 36.2 Å². The molecule has 0 amide bonds. The smallest absolute Gasteiger partial charge is 0.346 e. The second-order valence-electron chi connectivity index (χ2n) is 10.6. The highest BCUT2D eigenvalue weighted by molar-refractivity contribution is 5.92. The van der Waals surface area contributed by atoms with E-state index in [1.807, 2.05) is 19.1 Å². The highest BCUT2D eigenvalue weighted by atomic mass is 19.1. The van der Waals surface area contributed by atoms with Crippen LogP contribution in [0.25, 0.3) is 11.1 Å². The zero-order chi connectivity index (χ0) is 29.5. The van der Waals surface area contributed by atoms with E-state index in [-0.39, 0.29) is 11.5 Å². The predicted molar refractivity (Wildman–Crippen MR) is 161 cm³/mol. The Balaban J connectivity index is 1.46. The Morgan fingerprint density at radius 3 is 1.93 bits per heavy atom. The second kappa shape index (κ2) is 17.2. The van der Waals surface area contributed by atoms with Crippen LogP contribution in [0.3, 0.4) is 0 Å². The molecule has 0 aliphatic rings. The Kier molecular flexibility index (Phi) is 13.4. The molecule has 0 unspecified atom stereocenters. The third-order valence-corrected chi connectivity index (χ3v) is 7.14. The first kappa shape index (κ1) is 31.9. The maximum Gasteiger partial charge on any atom is 0.346 e. The lowest BCUT2D eigenvalue weighted by atomic mass is 10.0. The molecular weight excluding hydrogens is 519 g/mol. The van der Waals surface area contributed by atoms with Crippen molar-refractivity contribution in [2.45, 2.75) is 78.6 Å². The van der Waals surface area contributed by atoms with Gasteiger partial charge in [-0.1, -0.05) is 96.4 Å². The first-order chi connectivity index (χ1) is 19.9. The molecule has 3 aromatic carbocycles. The van der Waals surface area contributed by atoms with Gasteiger partial charge < -0.3 is 14.2 Å². The lowest BCUT2D eigenvalue weighted by molar-refractivity contribution is 0.0447. The summed E-state index contributed by atoms with van der Waals surface area (Å²) in [5, 5.41) is 0. The molecule has 0 bridgehead atoms. The molecule has 0 fully saturated rings. The average molecular weight is 563 g/mol. The van der Waals surface area contributed by atoms with Crippen molar-refractivity contribution >= 4 is 11.9 Å². The minimum absolute atomic E-state index is 0.149. The molecule has 41 heavy (non-hydrogen) atoms. The molecule has 0 saturated heterocycles. The van der Waals surface area contributed by atoms with E-state index in [2.05, 4.69) is 13.8 Å². The Bertz CT molecular complexity index is 1220. The molecule has 0 spiro atoms. The molecule has 0 aliphatic heterocycles. The zero-order valence-electron chi connectivity index (χ0n) is 24.6. The molecule has 220 valence electrons. The second-order valence-corrected chi connectivity index (χ2v) is 10.6. The van der Waals surface area contributed by atoms with Gasteiger partial charge in [0.2, 0.25) is 0 Å². The molecular formula is C35H43FO5. The maximum absolute atomic E-state index is 14.6. The summed E-state index contributed by atoms with van der Waals surface area (Å²) in [7, 11) is 0.